The van der Waals surface area contributed by atoms with Crippen molar-refractivity contribution in [2.45, 2.75) is 6.54 Å². The number of nitrogens with one attached hydrogen (secondary N) is 3. The third kappa shape index (κ3) is 3.48. The van der Waals surface area contributed by atoms with Gasteiger partial charge in [-0.25, -0.2) is 14.5 Å². The summed E-state index contributed by atoms with van der Waals surface area (Å²) >= 11 is 0. The Morgan fingerprint density at radius 3 is 2.79 bits per heavy atom. The molecular formula is C14H16N8O2. The van der Waals surface area contributed by atoms with E-state index >= 15 is 0 Å². The van der Waals surface area contributed by atoms with Crippen molar-refractivity contribution in [1.29, 1.82) is 0 Å². The fraction of sp³-hybridized carbons (Fsp3) is 0.214. The van der Waals surface area contributed by atoms with Crippen LogP contribution in [0, 0.1) is 0 Å². The van der Waals surface area contributed by atoms with Crippen LogP contribution in [0.15, 0.2) is 30.5 Å². The summed E-state index contributed by atoms with van der Waals surface area (Å²) in [6.07, 6.45) is 1.47. The molecule has 2 aromatic heterocycles. The van der Waals surface area contributed by atoms with Crippen molar-refractivity contribution in [2.75, 3.05) is 24.7 Å². The van der Waals surface area contributed by atoms with E-state index in [1.807, 2.05) is 24.3 Å². The summed E-state index contributed by atoms with van der Waals surface area (Å²) in [5, 5.41) is 12.8. The number of hydrogen-bond acceptors (Lipinski definition) is 5. The summed E-state index contributed by atoms with van der Waals surface area (Å²) in [7, 11) is 3.22. The Balaban J connectivity index is 1.60. The first-order chi connectivity index (χ1) is 11.5. The molecule has 0 aliphatic carbocycles. The molecule has 3 rings (SSSR count). The van der Waals surface area contributed by atoms with Gasteiger partial charge in [0.25, 0.3) is 0 Å². The predicted octanol–water partition coefficient (Wildman–Crippen LogP) is 0.887. The van der Waals surface area contributed by atoms with Crippen LogP contribution in [-0.4, -0.2) is 55.9 Å². The molecule has 0 fully saturated rings. The zero-order valence-electron chi connectivity index (χ0n) is 13.1. The average Bonchev–Trinajstić information content (AvgIpc) is 3.12. The number of carbonyl (C=O) groups excluding carboxylic acids is 2. The molecule has 0 saturated heterocycles. The van der Waals surface area contributed by atoms with Crippen LogP contribution in [-0.2, 0) is 11.3 Å². The number of para-hydroxylation sites is 2. The lowest BCUT2D eigenvalue weighted by Crippen LogP contribution is -2.27. The first-order valence-electron chi connectivity index (χ1n) is 7.14. The van der Waals surface area contributed by atoms with E-state index in [4.69, 9.17) is 0 Å². The number of rotatable bonds is 4. The number of aromatic amines is 1. The van der Waals surface area contributed by atoms with E-state index in [0.29, 0.717) is 5.95 Å². The van der Waals surface area contributed by atoms with Crippen molar-refractivity contribution >= 4 is 34.7 Å². The molecule has 0 unspecified atom stereocenters. The smallest absolute Gasteiger partial charge is 0.322 e. The molecule has 2 heterocycles. The van der Waals surface area contributed by atoms with Gasteiger partial charge in [0.05, 0.1) is 17.2 Å². The zero-order valence-corrected chi connectivity index (χ0v) is 13.1. The third-order valence-electron chi connectivity index (χ3n) is 3.13. The van der Waals surface area contributed by atoms with Crippen molar-refractivity contribution in [2.24, 2.45) is 0 Å². The maximum absolute atomic E-state index is 12.0. The average molecular weight is 328 g/mol. The van der Waals surface area contributed by atoms with Crippen molar-refractivity contribution in [3.05, 3.63) is 30.5 Å². The quantitative estimate of drug-likeness (QED) is 0.656. The van der Waals surface area contributed by atoms with Crippen LogP contribution in [0.5, 0.6) is 0 Å². The minimum atomic E-state index is -0.325. The molecule has 0 bridgehead atoms. The minimum absolute atomic E-state index is 0.0537. The van der Waals surface area contributed by atoms with Gasteiger partial charge in [0.1, 0.15) is 6.54 Å². The van der Waals surface area contributed by atoms with Crippen molar-refractivity contribution in [1.82, 2.24) is 29.9 Å². The summed E-state index contributed by atoms with van der Waals surface area (Å²) in [4.78, 5) is 32.2. The Morgan fingerprint density at radius 2 is 2.04 bits per heavy atom. The number of hydrogen-bond donors (Lipinski definition) is 3. The zero-order chi connectivity index (χ0) is 17.1. The first kappa shape index (κ1) is 15.5. The van der Waals surface area contributed by atoms with E-state index < -0.39 is 0 Å². The van der Waals surface area contributed by atoms with Crippen LogP contribution in [0.2, 0.25) is 0 Å². The lowest BCUT2D eigenvalue weighted by Gasteiger charge is -2.08. The molecule has 24 heavy (non-hydrogen) atoms. The maximum atomic E-state index is 12.0. The molecule has 3 aromatic rings. The molecule has 10 nitrogen and oxygen atoms in total. The molecule has 10 heteroatoms. The summed E-state index contributed by atoms with van der Waals surface area (Å²) in [5.74, 6) is 0.317. The highest BCUT2D eigenvalue weighted by Gasteiger charge is 2.11. The molecule has 0 aliphatic heterocycles. The van der Waals surface area contributed by atoms with Crippen molar-refractivity contribution in [3.63, 3.8) is 0 Å². The molecular weight excluding hydrogens is 312 g/mol. The fourth-order valence-corrected chi connectivity index (χ4v) is 1.99. The lowest BCUT2D eigenvalue weighted by atomic mass is 10.3. The summed E-state index contributed by atoms with van der Waals surface area (Å²) in [6.45, 7) is -0.0537. The van der Waals surface area contributed by atoms with E-state index in [9.17, 15) is 9.59 Å². The summed E-state index contributed by atoms with van der Waals surface area (Å²) in [5.41, 5.74) is 1.60. The Morgan fingerprint density at radius 1 is 1.25 bits per heavy atom. The number of fused-ring (bicyclic) bond motifs is 1. The number of nitrogens with zero attached hydrogens (tertiary/aromatic N) is 5. The van der Waals surface area contributed by atoms with Crippen molar-refractivity contribution < 1.29 is 9.59 Å². The Hall–Kier alpha value is -3.43. The van der Waals surface area contributed by atoms with Gasteiger partial charge in [0, 0.05) is 14.1 Å². The number of benzene rings is 1. The lowest BCUT2D eigenvalue weighted by molar-refractivity contribution is -0.117. The third-order valence-corrected chi connectivity index (χ3v) is 3.13. The molecule has 0 aliphatic rings. The molecule has 0 atom stereocenters. The molecule has 0 saturated carbocycles. The van der Waals surface area contributed by atoms with Crippen molar-refractivity contribution in [3.8, 4) is 0 Å². The predicted molar refractivity (Wildman–Crippen MR) is 87.5 cm³/mol. The van der Waals surface area contributed by atoms with Gasteiger partial charge in [0.15, 0.2) is 5.82 Å². The highest BCUT2D eigenvalue weighted by atomic mass is 16.2. The molecule has 124 valence electrons. The monoisotopic (exact) mass is 328 g/mol. The SMILES string of the molecule is CN(C)C(=O)Nc1cn(CC(=O)Nc2nc3ccccc3[nH]2)nn1. The fourth-order valence-electron chi connectivity index (χ4n) is 1.99. The van der Waals surface area contributed by atoms with Gasteiger partial charge in [-0.1, -0.05) is 17.3 Å². The molecule has 0 spiro atoms. The second-order valence-corrected chi connectivity index (χ2v) is 5.28. The summed E-state index contributed by atoms with van der Waals surface area (Å²) < 4.78 is 1.32. The van der Waals surface area contributed by atoms with E-state index in [1.54, 1.807) is 14.1 Å². The number of imidazole rings is 1. The minimum Gasteiger partial charge on any atom is -0.331 e. The van der Waals surface area contributed by atoms with Crippen LogP contribution in [0.25, 0.3) is 11.0 Å². The standard InChI is InChI=1S/C14H16N8O2/c1-21(2)14(24)17-11-7-22(20-19-11)8-12(23)18-13-15-9-5-3-4-6-10(9)16-13/h3-7H,8H2,1-2H3,(H,17,24)(H2,15,16,18,23). The Kier molecular flexibility index (Phi) is 4.10. The number of H-pyrrole nitrogens is 1. The van der Waals surface area contributed by atoms with Crippen LogP contribution in [0.3, 0.4) is 0 Å². The van der Waals surface area contributed by atoms with Gasteiger partial charge in [-0.3, -0.25) is 15.4 Å². The van der Waals surface area contributed by atoms with Gasteiger partial charge in [-0.05, 0) is 12.1 Å². The number of anilines is 2. The topological polar surface area (TPSA) is 121 Å². The highest BCUT2D eigenvalue weighted by Crippen LogP contribution is 2.13. The van der Waals surface area contributed by atoms with Gasteiger partial charge < -0.3 is 9.88 Å². The Bertz CT molecular complexity index is 849. The van der Waals surface area contributed by atoms with E-state index in [-0.39, 0.29) is 24.3 Å². The summed E-state index contributed by atoms with van der Waals surface area (Å²) in [6, 6.07) is 7.14. The highest BCUT2D eigenvalue weighted by molar-refractivity contribution is 5.91. The van der Waals surface area contributed by atoms with E-state index in [2.05, 4.69) is 30.9 Å². The van der Waals surface area contributed by atoms with E-state index in [0.717, 1.165) is 11.0 Å². The van der Waals surface area contributed by atoms with Crippen LogP contribution < -0.4 is 10.6 Å². The maximum Gasteiger partial charge on any atom is 0.322 e. The number of urea groups is 1. The normalized spacial score (nSPS) is 10.6. The van der Waals surface area contributed by atoms with Crippen LogP contribution in [0.1, 0.15) is 0 Å². The van der Waals surface area contributed by atoms with Gasteiger partial charge in [-0.2, -0.15) is 0 Å². The van der Waals surface area contributed by atoms with E-state index in [1.165, 1.54) is 15.8 Å². The second-order valence-electron chi connectivity index (χ2n) is 5.28. The molecule has 3 N–H and O–H groups in total. The Labute approximate surface area is 136 Å². The second kappa shape index (κ2) is 6.36. The molecule has 3 amide bonds. The molecule has 0 radical (unpaired) electrons. The first-order valence-corrected chi connectivity index (χ1v) is 7.14. The number of aromatic nitrogens is 5. The molecule has 1 aromatic carbocycles. The van der Waals surface area contributed by atoms with Gasteiger partial charge >= 0.3 is 6.03 Å². The largest absolute Gasteiger partial charge is 0.331 e. The van der Waals surface area contributed by atoms with Crippen LogP contribution >= 0.6 is 0 Å². The van der Waals surface area contributed by atoms with Crippen LogP contribution in [0.4, 0.5) is 16.6 Å². The number of amides is 3. The van der Waals surface area contributed by atoms with Gasteiger partial charge in [-0.15, -0.1) is 5.10 Å². The van der Waals surface area contributed by atoms with Gasteiger partial charge in [0.2, 0.25) is 11.9 Å². The number of carbonyl (C=O) groups is 2.